The molecule has 0 saturated heterocycles. The maximum Gasteiger partial charge on any atom is 0.341 e. The smallest absolute Gasteiger partial charge is 0.341 e. The molecule has 4 rings (SSSR count). The SMILES string of the molecule is COC(=O)c1c(NC(=O)C(=O)N/N=C(\C)c2ccc(Oc3ccc([N+](=O)[O-])cc3[N+](=O)[O-])c(OC)c2)sc2c1CCC2. The van der Waals surface area contributed by atoms with Gasteiger partial charge in [-0.2, -0.15) is 5.10 Å². The summed E-state index contributed by atoms with van der Waals surface area (Å²) in [7, 11) is 2.57. The number of ether oxygens (including phenoxy) is 3. The normalized spacial score (nSPS) is 12.2. The Morgan fingerprint density at radius 3 is 2.36 bits per heavy atom. The first kappa shape index (κ1) is 29.6. The van der Waals surface area contributed by atoms with Crippen LogP contribution in [0.4, 0.5) is 16.4 Å². The minimum Gasteiger partial charge on any atom is -0.493 e. The van der Waals surface area contributed by atoms with Gasteiger partial charge in [-0.05, 0) is 56.0 Å². The largest absolute Gasteiger partial charge is 0.493 e. The fourth-order valence-corrected chi connectivity index (χ4v) is 5.44. The number of thiophene rings is 1. The number of aryl methyl sites for hydroxylation is 1. The summed E-state index contributed by atoms with van der Waals surface area (Å²) in [6.45, 7) is 1.55. The second kappa shape index (κ2) is 12.4. The number of benzene rings is 2. The number of hydrogen-bond acceptors (Lipinski definition) is 12. The van der Waals surface area contributed by atoms with E-state index in [0.717, 1.165) is 41.5 Å². The molecule has 1 aliphatic carbocycles. The Kier molecular flexibility index (Phi) is 8.76. The predicted octanol–water partition coefficient (Wildman–Crippen LogP) is 4.12. The molecule has 1 heterocycles. The van der Waals surface area contributed by atoms with Crippen LogP contribution in [0.3, 0.4) is 0 Å². The van der Waals surface area contributed by atoms with Gasteiger partial charge in [-0.1, -0.05) is 0 Å². The number of fused-ring (bicyclic) bond motifs is 1. The Morgan fingerprint density at radius 1 is 0.952 bits per heavy atom. The van der Waals surface area contributed by atoms with E-state index in [2.05, 4.69) is 15.8 Å². The standard InChI is InChI=1S/C26H23N5O10S/c1-13(28-29-24(33)23(32)27-25-22(26(34)40-3)16-5-4-6-21(16)42-25)14-7-9-19(20(11-14)39-2)41-18-10-8-15(30(35)36)12-17(18)31(37)38/h7-12H,4-6H2,1-3H3,(H,27,32)(H,29,33)/b28-13+. The van der Waals surface area contributed by atoms with E-state index in [1.165, 1.54) is 43.8 Å². The van der Waals surface area contributed by atoms with Crippen LogP contribution in [-0.4, -0.2) is 47.6 Å². The van der Waals surface area contributed by atoms with Crippen LogP contribution >= 0.6 is 11.3 Å². The maximum atomic E-state index is 12.5. The Bertz CT molecular complexity index is 1650. The average molecular weight is 598 g/mol. The predicted molar refractivity (Wildman–Crippen MR) is 149 cm³/mol. The first-order chi connectivity index (χ1) is 20.0. The summed E-state index contributed by atoms with van der Waals surface area (Å²) >= 11 is 1.23. The molecule has 16 heteroatoms. The first-order valence-electron chi connectivity index (χ1n) is 12.2. The molecule has 0 atom stereocenters. The van der Waals surface area contributed by atoms with Crippen LogP contribution in [0.1, 0.15) is 39.7 Å². The number of hydrogen-bond donors (Lipinski definition) is 2. The van der Waals surface area contributed by atoms with Gasteiger partial charge in [-0.25, -0.2) is 10.2 Å². The number of carbonyl (C=O) groups is 3. The molecule has 2 amide bonds. The summed E-state index contributed by atoms with van der Waals surface area (Å²) in [5, 5.41) is 29.1. The Labute approximate surface area is 241 Å². The van der Waals surface area contributed by atoms with E-state index in [4.69, 9.17) is 14.2 Å². The van der Waals surface area contributed by atoms with Gasteiger partial charge in [0.05, 0.1) is 41.4 Å². The van der Waals surface area contributed by atoms with Gasteiger partial charge < -0.3 is 19.5 Å². The van der Waals surface area contributed by atoms with Crippen LogP contribution in [0.2, 0.25) is 0 Å². The molecular weight excluding hydrogens is 574 g/mol. The van der Waals surface area contributed by atoms with Crippen molar-refractivity contribution < 1.29 is 38.4 Å². The number of carbonyl (C=O) groups excluding carboxylic acids is 3. The van der Waals surface area contributed by atoms with Gasteiger partial charge in [0, 0.05) is 16.5 Å². The number of nitrogens with zero attached hydrogens (tertiary/aromatic N) is 3. The van der Waals surface area contributed by atoms with Gasteiger partial charge >= 0.3 is 23.5 Å². The minimum absolute atomic E-state index is 0.0682. The third-order valence-electron chi connectivity index (χ3n) is 6.22. The molecule has 42 heavy (non-hydrogen) atoms. The van der Waals surface area contributed by atoms with Gasteiger partial charge in [0.25, 0.3) is 5.69 Å². The van der Waals surface area contributed by atoms with Crippen molar-refractivity contribution in [3.63, 3.8) is 0 Å². The average Bonchev–Trinajstić information content (AvgIpc) is 3.56. The van der Waals surface area contributed by atoms with Crippen LogP contribution in [0.5, 0.6) is 17.2 Å². The number of nitrogens with one attached hydrogen (secondary N) is 2. The molecule has 3 aromatic rings. The molecular formula is C26H23N5O10S. The molecule has 0 aliphatic heterocycles. The number of rotatable bonds is 9. The highest BCUT2D eigenvalue weighted by atomic mass is 32.1. The first-order valence-corrected chi connectivity index (χ1v) is 13.0. The van der Waals surface area contributed by atoms with E-state index in [0.29, 0.717) is 12.0 Å². The van der Waals surface area contributed by atoms with E-state index in [-0.39, 0.29) is 33.5 Å². The van der Waals surface area contributed by atoms with Crippen molar-refractivity contribution in [3.05, 3.63) is 78.2 Å². The lowest BCUT2D eigenvalue weighted by Gasteiger charge is -2.12. The zero-order chi connectivity index (χ0) is 30.6. The number of esters is 1. The van der Waals surface area contributed by atoms with Crippen molar-refractivity contribution in [2.45, 2.75) is 26.2 Å². The quantitative estimate of drug-likeness (QED) is 0.119. The van der Waals surface area contributed by atoms with Crippen molar-refractivity contribution in [3.8, 4) is 17.2 Å². The van der Waals surface area contributed by atoms with Gasteiger partial charge in [0.15, 0.2) is 11.5 Å². The molecule has 0 bridgehead atoms. The summed E-state index contributed by atoms with van der Waals surface area (Å²) in [6, 6.07) is 7.39. The minimum atomic E-state index is -1.07. The van der Waals surface area contributed by atoms with Crippen LogP contribution in [0.25, 0.3) is 0 Å². The summed E-state index contributed by atoms with van der Waals surface area (Å²) in [6.07, 6.45) is 2.34. The fourth-order valence-electron chi connectivity index (χ4n) is 4.16. The van der Waals surface area contributed by atoms with Gasteiger partial charge in [0.2, 0.25) is 5.75 Å². The topological polar surface area (TPSA) is 202 Å². The molecule has 0 fully saturated rings. The number of nitro benzene ring substituents is 2. The lowest BCUT2D eigenvalue weighted by atomic mass is 10.1. The molecule has 0 spiro atoms. The number of anilines is 1. The summed E-state index contributed by atoms with van der Waals surface area (Å²) in [4.78, 5) is 59.1. The van der Waals surface area contributed by atoms with E-state index in [9.17, 15) is 34.6 Å². The number of non-ortho nitro benzene ring substituents is 1. The maximum absolute atomic E-state index is 12.5. The molecule has 0 saturated carbocycles. The third-order valence-corrected chi connectivity index (χ3v) is 7.43. The van der Waals surface area contributed by atoms with Crippen molar-refractivity contribution in [2.24, 2.45) is 5.10 Å². The van der Waals surface area contributed by atoms with Gasteiger partial charge in [-0.15, -0.1) is 11.3 Å². The lowest BCUT2D eigenvalue weighted by molar-refractivity contribution is -0.394. The van der Waals surface area contributed by atoms with Crippen molar-refractivity contribution in [1.29, 1.82) is 0 Å². The molecule has 1 aromatic heterocycles. The number of methoxy groups -OCH3 is 2. The molecule has 1 aliphatic rings. The van der Waals surface area contributed by atoms with E-state index in [1.807, 2.05) is 0 Å². The Hall–Kier alpha value is -5.38. The monoisotopic (exact) mass is 597 g/mol. The fraction of sp³-hybridized carbons (Fsp3) is 0.231. The number of nitro groups is 2. The van der Waals surface area contributed by atoms with Crippen LogP contribution < -0.4 is 20.2 Å². The van der Waals surface area contributed by atoms with Crippen molar-refractivity contribution in [1.82, 2.24) is 5.43 Å². The van der Waals surface area contributed by atoms with Crippen LogP contribution in [0.15, 0.2) is 41.5 Å². The van der Waals surface area contributed by atoms with Gasteiger partial charge in [-0.3, -0.25) is 29.8 Å². The Morgan fingerprint density at radius 2 is 1.69 bits per heavy atom. The summed E-state index contributed by atoms with van der Waals surface area (Å²) in [5.74, 6) is -2.73. The van der Waals surface area contributed by atoms with E-state index >= 15 is 0 Å². The highest BCUT2D eigenvalue weighted by Gasteiger charge is 2.29. The zero-order valence-corrected chi connectivity index (χ0v) is 23.2. The van der Waals surface area contributed by atoms with Crippen molar-refractivity contribution >= 4 is 51.2 Å². The molecule has 15 nitrogen and oxygen atoms in total. The van der Waals surface area contributed by atoms with Crippen molar-refractivity contribution in [2.75, 3.05) is 19.5 Å². The third kappa shape index (κ3) is 6.17. The second-order valence-electron chi connectivity index (χ2n) is 8.78. The summed E-state index contributed by atoms with van der Waals surface area (Å²) < 4.78 is 15.8. The highest BCUT2D eigenvalue weighted by Crippen LogP contribution is 2.40. The number of amides is 2. The molecule has 2 N–H and O–H groups in total. The van der Waals surface area contributed by atoms with E-state index in [1.54, 1.807) is 6.92 Å². The molecule has 0 unspecified atom stereocenters. The lowest BCUT2D eigenvalue weighted by Crippen LogP contribution is -2.33. The van der Waals surface area contributed by atoms with Crippen LogP contribution in [0, 0.1) is 20.2 Å². The molecule has 218 valence electrons. The molecule has 2 aromatic carbocycles. The highest BCUT2D eigenvalue weighted by molar-refractivity contribution is 7.17. The van der Waals surface area contributed by atoms with Crippen LogP contribution in [-0.2, 0) is 27.2 Å². The summed E-state index contributed by atoms with van der Waals surface area (Å²) in [5.41, 5.74) is 2.87. The van der Waals surface area contributed by atoms with Gasteiger partial charge in [0.1, 0.15) is 5.00 Å². The second-order valence-corrected chi connectivity index (χ2v) is 9.88. The molecule has 0 radical (unpaired) electrons. The zero-order valence-electron chi connectivity index (χ0n) is 22.4. The Balaban J connectivity index is 1.47. The number of hydrazone groups is 1. The van der Waals surface area contributed by atoms with E-state index < -0.39 is 39.0 Å².